The van der Waals surface area contributed by atoms with Gasteiger partial charge in [0.15, 0.2) is 0 Å². The predicted molar refractivity (Wildman–Crippen MR) is 70.5 cm³/mol. The molecule has 0 aromatic carbocycles. The van der Waals surface area contributed by atoms with Crippen LogP contribution in [0.3, 0.4) is 0 Å². The third kappa shape index (κ3) is 2.12. The lowest BCUT2D eigenvalue weighted by molar-refractivity contribution is -0.270. The van der Waals surface area contributed by atoms with Gasteiger partial charge in [-0.2, -0.15) is 4.98 Å². The number of nitrogens with zero attached hydrogens (tertiary/aromatic N) is 2. The largest absolute Gasteiger partial charge is 0.394 e. The van der Waals surface area contributed by atoms with Gasteiger partial charge in [0.25, 0.3) is 0 Å². The minimum atomic E-state index is -1.86. The molecule has 5 N–H and O–H groups in total. The molecule has 0 spiro atoms. The maximum absolute atomic E-state index is 12.2. The summed E-state index contributed by atoms with van der Waals surface area (Å²) in [5.74, 6) is -0.00333. The summed E-state index contributed by atoms with van der Waals surface area (Å²) in [6.07, 6.45) is -3.98. The second-order valence-electron chi connectivity index (χ2n) is 5.10. The zero-order chi connectivity index (χ0) is 15.9. The van der Waals surface area contributed by atoms with Gasteiger partial charge < -0.3 is 35.3 Å². The molecular formula is C12H17N3O7. The van der Waals surface area contributed by atoms with Crippen molar-refractivity contribution >= 4 is 5.82 Å². The topological polar surface area (TPSA) is 149 Å². The SMILES string of the molecule is Nc1ccn([C@]2(C3OCCO3)O[C@H](CO)[C@@H](O)[C@H]2O)c(=O)n1. The van der Waals surface area contributed by atoms with Crippen LogP contribution < -0.4 is 11.4 Å². The van der Waals surface area contributed by atoms with Crippen LogP contribution in [0.15, 0.2) is 17.1 Å². The Bertz CT molecular complexity index is 603. The highest BCUT2D eigenvalue weighted by atomic mass is 16.7. The average Bonchev–Trinajstić information content (AvgIpc) is 3.10. The third-order valence-electron chi connectivity index (χ3n) is 3.81. The standard InChI is InChI=1S/C12H17N3O7/c13-7-1-2-15(11(19)14-7)12(10-20-3-4-21-10)9(18)8(17)6(5-16)22-12/h1-2,6,8-10,16-18H,3-5H2,(H2,13,14,19)/t6-,8-,9-,12+/m1/s1. The summed E-state index contributed by atoms with van der Waals surface area (Å²) < 4.78 is 17.3. The van der Waals surface area contributed by atoms with Gasteiger partial charge in [0.05, 0.1) is 19.8 Å². The van der Waals surface area contributed by atoms with Gasteiger partial charge in [-0.1, -0.05) is 0 Å². The summed E-state index contributed by atoms with van der Waals surface area (Å²) in [6.45, 7) is -0.0804. The summed E-state index contributed by atoms with van der Waals surface area (Å²) in [6, 6.07) is 1.34. The van der Waals surface area contributed by atoms with Crippen molar-refractivity contribution in [3.63, 3.8) is 0 Å². The number of aromatic nitrogens is 2. The Morgan fingerprint density at radius 1 is 1.41 bits per heavy atom. The molecule has 2 saturated heterocycles. The minimum absolute atomic E-state index is 0.00333. The maximum Gasteiger partial charge on any atom is 0.352 e. The molecule has 2 aliphatic rings. The van der Waals surface area contributed by atoms with Gasteiger partial charge in [0.1, 0.15) is 24.1 Å². The van der Waals surface area contributed by atoms with Crippen LogP contribution in [-0.4, -0.2) is 69.3 Å². The average molecular weight is 315 g/mol. The summed E-state index contributed by atoms with van der Waals surface area (Å²) in [5, 5.41) is 29.8. The third-order valence-corrected chi connectivity index (χ3v) is 3.81. The Morgan fingerprint density at radius 3 is 2.64 bits per heavy atom. The fourth-order valence-corrected chi connectivity index (χ4v) is 2.76. The number of aliphatic hydroxyl groups excluding tert-OH is 3. The molecule has 2 aliphatic heterocycles. The van der Waals surface area contributed by atoms with Crippen molar-refractivity contribution in [1.29, 1.82) is 0 Å². The fraction of sp³-hybridized carbons (Fsp3) is 0.667. The number of nitrogen functional groups attached to an aromatic ring is 1. The quantitative estimate of drug-likeness (QED) is 0.456. The van der Waals surface area contributed by atoms with E-state index in [1.165, 1.54) is 12.3 Å². The number of ether oxygens (including phenoxy) is 3. The molecule has 0 aliphatic carbocycles. The second kappa shape index (κ2) is 5.57. The fourth-order valence-electron chi connectivity index (χ4n) is 2.76. The Balaban J connectivity index is 2.13. The van der Waals surface area contributed by atoms with Crippen molar-refractivity contribution in [3.8, 4) is 0 Å². The Labute approximate surface area is 124 Å². The van der Waals surface area contributed by atoms with Crippen molar-refractivity contribution < 1.29 is 29.5 Å². The van der Waals surface area contributed by atoms with Gasteiger partial charge in [-0.15, -0.1) is 0 Å². The molecular weight excluding hydrogens is 298 g/mol. The van der Waals surface area contributed by atoms with Crippen molar-refractivity contribution in [1.82, 2.24) is 9.55 Å². The van der Waals surface area contributed by atoms with Crippen LogP contribution in [0.25, 0.3) is 0 Å². The molecule has 10 heteroatoms. The molecule has 3 heterocycles. The van der Waals surface area contributed by atoms with Crippen molar-refractivity contribution in [2.24, 2.45) is 0 Å². The Kier molecular flexibility index (Phi) is 3.89. The van der Waals surface area contributed by atoms with Gasteiger partial charge in [-0.3, -0.25) is 4.57 Å². The molecule has 10 nitrogen and oxygen atoms in total. The smallest absolute Gasteiger partial charge is 0.352 e. The van der Waals surface area contributed by atoms with Crippen molar-refractivity contribution in [2.45, 2.75) is 30.3 Å². The zero-order valence-electron chi connectivity index (χ0n) is 11.5. The first-order valence-electron chi connectivity index (χ1n) is 6.74. The highest BCUT2D eigenvalue weighted by molar-refractivity contribution is 5.24. The molecule has 0 unspecified atom stereocenters. The minimum Gasteiger partial charge on any atom is -0.394 e. The van der Waals surface area contributed by atoms with Crippen molar-refractivity contribution in [3.05, 3.63) is 22.7 Å². The van der Waals surface area contributed by atoms with E-state index in [2.05, 4.69) is 4.98 Å². The Hall–Kier alpha value is -1.56. The maximum atomic E-state index is 12.2. The van der Waals surface area contributed by atoms with Gasteiger partial charge in [-0.05, 0) is 6.07 Å². The lowest BCUT2D eigenvalue weighted by atomic mass is 10.0. The molecule has 0 bridgehead atoms. The molecule has 4 atom stereocenters. The number of anilines is 1. The van der Waals surface area contributed by atoms with E-state index in [0.717, 1.165) is 4.57 Å². The molecule has 0 radical (unpaired) electrons. The molecule has 122 valence electrons. The monoisotopic (exact) mass is 315 g/mol. The van der Waals surface area contributed by atoms with E-state index in [0.29, 0.717) is 0 Å². The van der Waals surface area contributed by atoms with Gasteiger partial charge in [0, 0.05) is 6.20 Å². The van der Waals surface area contributed by atoms with E-state index in [1.807, 2.05) is 0 Å². The summed E-state index contributed by atoms with van der Waals surface area (Å²) >= 11 is 0. The van der Waals surface area contributed by atoms with Crippen LogP contribution in [0, 0.1) is 0 Å². The first-order valence-corrected chi connectivity index (χ1v) is 6.74. The summed E-state index contributed by atoms with van der Waals surface area (Å²) in [4.78, 5) is 15.7. The molecule has 1 aromatic heterocycles. The van der Waals surface area contributed by atoms with Gasteiger partial charge in [-0.25, -0.2) is 4.79 Å². The first-order chi connectivity index (χ1) is 10.5. The van der Waals surface area contributed by atoms with Crippen LogP contribution in [0.1, 0.15) is 0 Å². The molecule has 1 aromatic rings. The molecule has 2 fully saturated rings. The van der Waals surface area contributed by atoms with Crippen LogP contribution in [-0.2, 0) is 19.9 Å². The van der Waals surface area contributed by atoms with E-state index in [4.69, 9.17) is 19.9 Å². The van der Waals surface area contributed by atoms with E-state index in [-0.39, 0.29) is 19.0 Å². The zero-order valence-corrected chi connectivity index (χ0v) is 11.5. The second-order valence-corrected chi connectivity index (χ2v) is 5.10. The number of hydrogen-bond donors (Lipinski definition) is 4. The highest BCUT2D eigenvalue weighted by Gasteiger charge is 2.62. The van der Waals surface area contributed by atoms with Gasteiger partial charge >= 0.3 is 5.69 Å². The van der Waals surface area contributed by atoms with Crippen LogP contribution in [0.4, 0.5) is 5.82 Å². The normalized spacial score (nSPS) is 36.0. The first kappa shape index (κ1) is 15.3. The lowest BCUT2D eigenvalue weighted by Crippen LogP contribution is -2.58. The number of nitrogens with two attached hydrogens (primary N) is 1. The van der Waals surface area contributed by atoms with Gasteiger partial charge in [0.2, 0.25) is 12.0 Å². The lowest BCUT2D eigenvalue weighted by Gasteiger charge is -2.36. The van der Waals surface area contributed by atoms with E-state index in [9.17, 15) is 20.1 Å². The molecule has 3 rings (SSSR count). The van der Waals surface area contributed by atoms with E-state index >= 15 is 0 Å². The molecule has 0 saturated carbocycles. The van der Waals surface area contributed by atoms with Crippen molar-refractivity contribution in [2.75, 3.05) is 25.6 Å². The summed E-state index contributed by atoms with van der Waals surface area (Å²) in [5.41, 5.74) is 2.80. The van der Waals surface area contributed by atoms with Crippen LogP contribution in [0.2, 0.25) is 0 Å². The van der Waals surface area contributed by atoms with E-state index < -0.39 is 42.6 Å². The number of rotatable bonds is 3. The number of hydrogen-bond acceptors (Lipinski definition) is 9. The predicted octanol–water partition coefficient (Wildman–Crippen LogP) is -3.04. The summed E-state index contributed by atoms with van der Waals surface area (Å²) in [7, 11) is 0. The van der Waals surface area contributed by atoms with Crippen LogP contribution >= 0.6 is 0 Å². The van der Waals surface area contributed by atoms with E-state index in [1.54, 1.807) is 0 Å². The number of aliphatic hydroxyl groups is 3. The van der Waals surface area contributed by atoms with Crippen LogP contribution in [0.5, 0.6) is 0 Å². The molecule has 0 amide bonds. The Morgan fingerprint density at radius 2 is 2.09 bits per heavy atom. The highest BCUT2D eigenvalue weighted by Crippen LogP contribution is 2.40. The molecule has 22 heavy (non-hydrogen) atoms.